The zero-order chi connectivity index (χ0) is 26.1. The van der Waals surface area contributed by atoms with Crippen LogP contribution in [0.1, 0.15) is 175 Å². The molecule has 2 unspecified atom stereocenters. The molecule has 0 radical (unpaired) electrons. The summed E-state index contributed by atoms with van der Waals surface area (Å²) in [7, 11) is 0. The van der Waals surface area contributed by atoms with Crippen molar-refractivity contribution in [3.05, 3.63) is 0 Å². The van der Waals surface area contributed by atoms with Crippen molar-refractivity contribution in [2.45, 2.75) is 175 Å². The molecule has 3 nitrogen and oxygen atoms in total. The highest BCUT2D eigenvalue weighted by molar-refractivity contribution is 5.67. The summed E-state index contributed by atoms with van der Waals surface area (Å²) in [5.41, 5.74) is 0. The van der Waals surface area contributed by atoms with Crippen molar-refractivity contribution < 1.29 is 9.53 Å². The Hall–Kier alpha value is -0.730. The second-order valence-electron chi connectivity index (χ2n) is 11.9. The molecule has 0 saturated carbocycles. The van der Waals surface area contributed by atoms with E-state index in [1.807, 2.05) is 6.92 Å². The van der Waals surface area contributed by atoms with Crippen molar-refractivity contribution >= 4 is 6.09 Å². The number of hydrogen-bond donors (Lipinski definition) is 0. The van der Waals surface area contributed by atoms with E-state index in [0.29, 0.717) is 18.4 Å². The number of ether oxygens (including phenoxy) is 1. The first kappa shape index (κ1) is 33.3. The molecule has 1 aliphatic rings. The van der Waals surface area contributed by atoms with E-state index in [4.69, 9.17) is 4.74 Å². The number of hydrogen-bond acceptors (Lipinski definition) is 2. The highest BCUT2D eigenvalue weighted by Gasteiger charge is 2.23. The zero-order valence-corrected chi connectivity index (χ0v) is 25.0. The number of carbonyl (C=O) groups excluding carboxylic acids is 1. The van der Waals surface area contributed by atoms with Gasteiger partial charge in [-0.2, -0.15) is 0 Å². The van der Waals surface area contributed by atoms with Gasteiger partial charge in [-0.15, -0.1) is 0 Å². The Morgan fingerprint density at radius 2 is 0.917 bits per heavy atom. The molecule has 1 fully saturated rings. The minimum atomic E-state index is -0.0639. The van der Waals surface area contributed by atoms with Crippen molar-refractivity contribution in [2.24, 2.45) is 11.8 Å². The van der Waals surface area contributed by atoms with Gasteiger partial charge in [0.15, 0.2) is 0 Å². The van der Waals surface area contributed by atoms with Crippen molar-refractivity contribution in [1.29, 1.82) is 0 Å². The average Bonchev–Trinajstić information content (AvgIpc) is 2.88. The lowest BCUT2D eigenvalue weighted by Gasteiger charge is -2.31. The van der Waals surface area contributed by atoms with E-state index in [1.54, 1.807) is 0 Å². The molecular formula is C33H65NO2. The minimum absolute atomic E-state index is 0.0639. The monoisotopic (exact) mass is 508 g/mol. The first-order valence-electron chi connectivity index (χ1n) is 16.6. The molecule has 0 aliphatic carbocycles. The molecule has 1 aliphatic heterocycles. The molecule has 1 heterocycles. The maximum absolute atomic E-state index is 13.0. The van der Waals surface area contributed by atoms with Crippen LogP contribution in [0.5, 0.6) is 0 Å². The minimum Gasteiger partial charge on any atom is -0.450 e. The third kappa shape index (κ3) is 18.5. The molecule has 3 heteroatoms. The van der Waals surface area contributed by atoms with E-state index in [0.717, 1.165) is 13.1 Å². The summed E-state index contributed by atoms with van der Waals surface area (Å²) in [5, 5.41) is 0. The molecule has 1 saturated heterocycles. The van der Waals surface area contributed by atoms with Crippen LogP contribution < -0.4 is 0 Å². The van der Waals surface area contributed by atoms with Gasteiger partial charge in [-0.25, -0.2) is 4.79 Å². The number of nitrogens with zero attached hydrogens (tertiary/aromatic N) is 1. The van der Waals surface area contributed by atoms with Crippen LogP contribution in [0.3, 0.4) is 0 Å². The van der Waals surface area contributed by atoms with Crippen molar-refractivity contribution in [1.82, 2.24) is 4.90 Å². The Morgan fingerprint density at radius 3 is 1.22 bits per heavy atom. The Morgan fingerprint density at radius 1 is 0.583 bits per heavy atom. The van der Waals surface area contributed by atoms with Gasteiger partial charge >= 0.3 is 6.09 Å². The number of unbranched alkanes of at least 4 members (excludes halogenated alkanes) is 2. The normalized spacial score (nSPS) is 23.7. The lowest BCUT2D eigenvalue weighted by molar-refractivity contribution is 0.0893. The highest BCUT2D eigenvalue weighted by Crippen LogP contribution is 2.24. The van der Waals surface area contributed by atoms with E-state index >= 15 is 0 Å². The van der Waals surface area contributed by atoms with Gasteiger partial charge in [0.1, 0.15) is 0 Å². The summed E-state index contributed by atoms with van der Waals surface area (Å²) < 4.78 is 5.57. The summed E-state index contributed by atoms with van der Waals surface area (Å²) in [6.45, 7) is 8.82. The van der Waals surface area contributed by atoms with E-state index in [2.05, 4.69) is 18.7 Å². The molecule has 1 rings (SSSR count). The van der Waals surface area contributed by atoms with Gasteiger partial charge in [0.25, 0.3) is 0 Å². The van der Waals surface area contributed by atoms with Crippen LogP contribution >= 0.6 is 0 Å². The molecule has 0 aromatic heterocycles. The van der Waals surface area contributed by atoms with Crippen LogP contribution in [0.2, 0.25) is 0 Å². The molecule has 36 heavy (non-hydrogen) atoms. The third-order valence-corrected chi connectivity index (χ3v) is 8.39. The van der Waals surface area contributed by atoms with Gasteiger partial charge in [0.05, 0.1) is 6.61 Å². The highest BCUT2D eigenvalue weighted by atomic mass is 16.6. The SMILES string of the molecule is CCCCC1CCCCCCCCCCCCCCCCCCC(CCCC)CN(C(=O)OCC)C1. The van der Waals surface area contributed by atoms with Gasteiger partial charge in [-0.05, 0) is 44.4 Å². The number of amides is 1. The summed E-state index contributed by atoms with van der Waals surface area (Å²) in [6, 6.07) is 0. The largest absolute Gasteiger partial charge is 0.450 e. The molecule has 214 valence electrons. The maximum atomic E-state index is 13.0. The fourth-order valence-electron chi connectivity index (χ4n) is 6.04. The number of carbonyl (C=O) groups is 1. The van der Waals surface area contributed by atoms with Gasteiger partial charge in [0.2, 0.25) is 0 Å². The average molecular weight is 508 g/mol. The third-order valence-electron chi connectivity index (χ3n) is 8.39. The topological polar surface area (TPSA) is 29.5 Å². The molecular weight excluding hydrogens is 442 g/mol. The molecule has 1 amide bonds. The van der Waals surface area contributed by atoms with Gasteiger partial charge in [-0.3, -0.25) is 0 Å². The molecule has 2 atom stereocenters. The first-order chi connectivity index (χ1) is 17.7. The Balaban J connectivity index is 2.77. The van der Waals surface area contributed by atoms with Crippen molar-refractivity contribution in [3.8, 4) is 0 Å². The van der Waals surface area contributed by atoms with Crippen LogP contribution in [-0.2, 0) is 4.74 Å². The lowest BCUT2D eigenvalue weighted by atomic mass is 9.92. The summed E-state index contributed by atoms with van der Waals surface area (Å²) >= 11 is 0. The van der Waals surface area contributed by atoms with Gasteiger partial charge in [-0.1, -0.05) is 142 Å². The van der Waals surface area contributed by atoms with Crippen molar-refractivity contribution in [3.63, 3.8) is 0 Å². The standard InChI is InChI=1S/C33H65NO2/c1-4-7-25-31-27-23-21-19-17-15-13-11-9-10-12-14-16-18-20-22-24-28-32(26-8-5-2)30-34(29-31)33(35)36-6-3/h31-32H,4-30H2,1-3H3. The molecule has 0 aromatic rings. The molecule has 0 N–H and O–H groups in total. The Kier molecular flexibility index (Phi) is 22.8. The second kappa shape index (κ2) is 24.6. The quantitative estimate of drug-likeness (QED) is 0.343. The van der Waals surface area contributed by atoms with Crippen LogP contribution in [0, 0.1) is 11.8 Å². The van der Waals surface area contributed by atoms with Gasteiger partial charge in [0, 0.05) is 13.1 Å². The van der Waals surface area contributed by atoms with E-state index in [1.165, 1.54) is 154 Å². The predicted molar refractivity (Wildman–Crippen MR) is 158 cm³/mol. The molecule has 0 aromatic carbocycles. The Labute approximate surface area is 226 Å². The van der Waals surface area contributed by atoms with E-state index in [9.17, 15) is 4.79 Å². The van der Waals surface area contributed by atoms with Crippen LogP contribution in [-0.4, -0.2) is 30.7 Å². The maximum Gasteiger partial charge on any atom is 0.409 e. The fourth-order valence-corrected chi connectivity index (χ4v) is 6.04. The second-order valence-corrected chi connectivity index (χ2v) is 11.9. The smallest absolute Gasteiger partial charge is 0.409 e. The summed E-state index contributed by atoms with van der Waals surface area (Å²) in [6.07, 6.45) is 32.5. The van der Waals surface area contributed by atoms with Crippen LogP contribution in [0.4, 0.5) is 4.79 Å². The predicted octanol–water partition coefficient (Wildman–Crippen LogP) is 11.1. The molecule has 0 spiro atoms. The lowest BCUT2D eigenvalue weighted by Crippen LogP contribution is -2.39. The van der Waals surface area contributed by atoms with Gasteiger partial charge < -0.3 is 9.64 Å². The first-order valence-corrected chi connectivity index (χ1v) is 16.6. The summed E-state index contributed by atoms with van der Waals surface area (Å²) in [5.74, 6) is 1.26. The van der Waals surface area contributed by atoms with E-state index < -0.39 is 0 Å². The summed E-state index contributed by atoms with van der Waals surface area (Å²) in [4.78, 5) is 15.1. The molecule has 0 bridgehead atoms. The fraction of sp³-hybridized carbons (Fsp3) is 0.970. The van der Waals surface area contributed by atoms with Crippen LogP contribution in [0.25, 0.3) is 0 Å². The van der Waals surface area contributed by atoms with E-state index in [-0.39, 0.29) is 6.09 Å². The zero-order valence-electron chi connectivity index (χ0n) is 25.0. The Bertz CT molecular complexity index is 446. The van der Waals surface area contributed by atoms with Crippen LogP contribution in [0.15, 0.2) is 0 Å². The van der Waals surface area contributed by atoms with Crippen molar-refractivity contribution in [2.75, 3.05) is 19.7 Å². The number of rotatable bonds is 7.